The van der Waals surface area contributed by atoms with Gasteiger partial charge in [-0.05, 0) is 31.0 Å². The molecule has 1 aliphatic carbocycles. The summed E-state index contributed by atoms with van der Waals surface area (Å²) in [5.74, 6) is 1.20. The lowest BCUT2D eigenvalue weighted by Crippen LogP contribution is -2.05. The van der Waals surface area contributed by atoms with Crippen molar-refractivity contribution in [3.63, 3.8) is 0 Å². The summed E-state index contributed by atoms with van der Waals surface area (Å²) in [5.41, 5.74) is 1.10. The summed E-state index contributed by atoms with van der Waals surface area (Å²) < 4.78 is 38.1. The molecule has 0 amide bonds. The summed E-state index contributed by atoms with van der Waals surface area (Å²) in [6.45, 7) is -0.897. The van der Waals surface area contributed by atoms with Gasteiger partial charge < -0.3 is 14.8 Å². The van der Waals surface area contributed by atoms with Crippen LogP contribution in [-0.4, -0.2) is 29.1 Å². The highest BCUT2D eigenvalue weighted by atomic mass is 32.1. The number of methoxy groups -OCH3 is 1. The third-order valence-electron chi connectivity index (χ3n) is 3.79. The summed E-state index contributed by atoms with van der Waals surface area (Å²) in [6.07, 6.45) is 0.850. The molecule has 0 radical (unpaired) electrons. The summed E-state index contributed by atoms with van der Waals surface area (Å²) in [4.78, 5) is 4.40. The molecule has 1 N–H and O–H groups in total. The Morgan fingerprint density at radius 3 is 2.70 bits per heavy atom. The van der Waals surface area contributed by atoms with Crippen LogP contribution in [0.25, 0.3) is 0 Å². The Morgan fingerprint density at radius 2 is 2.04 bits per heavy atom. The lowest BCUT2D eigenvalue weighted by atomic mass is 10.1. The van der Waals surface area contributed by atoms with Crippen molar-refractivity contribution in [2.45, 2.75) is 38.0 Å². The summed E-state index contributed by atoms with van der Waals surface area (Å²) in [5, 5.41) is 4.12. The van der Waals surface area contributed by atoms with Crippen molar-refractivity contribution in [3.05, 3.63) is 35.7 Å². The molecule has 0 saturated heterocycles. The molecule has 1 heterocycles. The van der Waals surface area contributed by atoms with Gasteiger partial charge >= 0.3 is 6.61 Å². The van der Waals surface area contributed by atoms with Crippen LogP contribution in [0.2, 0.25) is 0 Å². The molecule has 2 aromatic rings. The number of anilines is 1. The van der Waals surface area contributed by atoms with E-state index < -0.39 is 6.61 Å². The zero-order valence-electron chi connectivity index (χ0n) is 12.7. The first kappa shape index (κ1) is 16.1. The Morgan fingerprint density at radius 1 is 1.30 bits per heavy atom. The van der Waals surface area contributed by atoms with Crippen LogP contribution in [0.4, 0.5) is 13.9 Å². The molecular formula is C15H17F2N3O2S. The van der Waals surface area contributed by atoms with Gasteiger partial charge in [0.15, 0.2) is 5.82 Å². The summed E-state index contributed by atoms with van der Waals surface area (Å²) in [7, 11) is 1.62. The van der Waals surface area contributed by atoms with Gasteiger partial charge in [-0.1, -0.05) is 12.1 Å². The van der Waals surface area contributed by atoms with Crippen molar-refractivity contribution in [3.8, 4) is 5.75 Å². The highest BCUT2D eigenvalue weighted by molar-refractivity contribution is 7.09. The van der Waals surface area contributed by atoms with E-state index in [1.807, 2.05) is 19.1 Å². The maximum atomic E-state index is 12.1. The number of nitrogens with zero attached hydrogens (tertiary/aromatic N) is 2. The first-order chi connectivity index (χ1) is 11.1. The average Bonchev–Trinajstić information content (AvgIpc) is 3.13. The Labute approximate surface area is 136 Å². The second-order valence-corrected chi connectivity index (χ2v) is 6.13. The topological polar surface area (TPSA) is 56.3 Å². The maximum absolute atomic E-state index is 12.1. The van der Waals surface area contributed by atoms with Gasteiger partial charge in [0, 0.05) is 30.6 Å². The highest BCUT2D eigenvalue weighted by Crippen LogP contribution is 2.43. The molecule has 1 saturated carbocycles. The number of aromatic nitrogens is 2. The van der Waals surface area contributed by atoms with E-state index in [2.05, 4.69) is 19.4 Å². The fourth-order valence-corrected chi connectivity index (χ4v) is 3.05. The quantitative estimate of drug-likeness (QED) is 0.830. The molecule has 0 bridgehead atoms. The predicted molar refractivity (Wildman–Crippen MR) is 83.2 cm³/mol. The van der Waals surface area contributed by atoms with Gasteiger partial charge in [0.1, 0.15) is 11.9 Å². The fourth-order valence-electron chi connectivity index (χ4n) is 2.34. The molecule has 0 aliphatic heterocycles. The van der Waals surface area contributed by atoms with Crippen LogP contribution >= 0.6 is 11.5 Å². The molecule has 1 aliphatic rings. The van der Waals surface area contributed by atoms with E-state index in [1.54, 1.807) is 19.2 Å². The van der Waals surface area contributed by atoms with E-state index in [4.69, 9.17) is 4.74 Å². The van der Waals surface area contributed by atoms with Crippen molar-refractivity contribution in [1.29, 1.82) is 0 Å². The van der Waals surface area contributed by atoms with Gasteiger partial charge in [-0.25, -0.2) is 4.98 Å². The number of nitrogens with one attached hydrogen (secondary N) is 1. The average molecular weight is 341 g/mol. The number of halogens is 2. The van der Waals surface area contributed by atoms with E-state index in [1.165, 1.54) is 11.5 Å². The minimum atomic E-state index is -2.79. The molecule has 124 valence electrons. The van der Waals surface area contributed by atoms with Crippen LogP contribution in [0.5, 0.6) is 5.75 Å². The lowest BCUT2D eigenvalue weighted by Gasteiger charge is -2.06. The smallest absolute Gasteiger partial charge is 0.387 e. The molecule has 1 unspecified atom stereocenters. The Balaban J connectivity index is 1.56. The molecule has 23 heavy (non-hydrogen) atoms. The van der Waals surface area contributed by atoms with Crippen molar-refractivity contribution in [2.75, 3.05) is 12.4 Å². The van der Waals surface area contributed by atoms with Crippen LogP contribution in [0, 0.1) is 0 Å². The second-order valence-electron chi connectivity index (χ2n) is 5.38. The largest absolute Gasteiger partial charge is 0.435 e. The minimum absolute atomic E-state index is 0.126. The van der Waals surface area contributed by atoms with Gasteiger partial charge in [0.25, 0.3) is 0 Å². The predicted octanol–water partition coefficient (Wildman–Crippen LogP) is 3.81. The molecule has 1 fully saturated rings. The normalized spacial score (nSPS) is 21.3. The first-order valence-corrected chi connectivity index (χ1v) is 8.02. The third-order valence-corrected chi connectivity index (χ3v) is 4.45. The number of rotatable bonds is 7. The van der Waals surface area contributed by atoms with Crippen LogP contribution in [-0.2, 0) is 4.74 Å². The molecular weight excluding hydrogens is 324 g/mol. The van der Waals surface area contributed by atoms with Gasteiger partial charge in [-0.15, -0.1) is 0 Å². The number of hydrogen-bond acceptors (Lipinski definition) is 6. The molecule has 5 nitrogen and oxygen atoms in total. The maximum Gasteiger partial charge on any atom is 0.387 e. The van der Waals surface area contributed by atoms with Gasteiger partial charge in [0.05, 0.1) is 0 Å². The van der Waals surface area contributed by atoms with E-state index >= 15 is 0 Å². The van der Waals surface area contributed by atoms with E-state index in [0.717, 1.165) is 17.1 Å². The molecule has 1 aromatic heterocycles. The van der Waals surface area contributed by atoms with Crippen molar-refractivity contribution in [1.82, 2.24) is 9.36 Å². The first-order valence-electron chi connectivity index (χ1n) is 7.24. The second kappa shape index (κ2) is 6.76. The lowest BCUT2D eigenvalue weighted by molar-refractivity contribution is -0.0498. The van der Waals surface area contributed by atoms with E-state index in [0.29, 0.717) is 11.7 Å². The molecule has 8 heteroatoms. The zero-order valence-corrected chi connectivity index (χ0v) is 13.5. The molecule has 3 rings (SSSR count). The zero-order chi connectivity index (χ0) is 16.4. The van der Waals surface area contributed by atoms with Crippen LogP contribution < -0.4 is 10.1 Å². The van der Waals surface area contributed by atoms with Crippen LogP contribution in [0.1, 0.15) is 36.8 Å². The molecule has 0 spiro atoms. The molecule has 3 atom stereocenters. The standard InChI is InChI=1S/C15H17F2N3O2S/c1-8(21-2)13-19-15(23-20-13)18-12-7-11(12)9-3-5-10(6-4-9)22-14(16)17/h3-6,8,11-12,14H,7H2,1-2H3,(H,18,19,20)/t8?,11-,12+/m0/s1. The van der Waals surface area contributed by atoms with E-state index in [9.17, 15) is 8.78 Å². The number of alkyl halides is 2. The molecule has 1 aromatic carbocycles. The highest BCUT2D eigenvalue weighted by Gasteiger charge is 2.39. The SMILES string of the molecule is COC(C)c1nsc(N[C@@H]2C[C@H]2c2ccc(OC(F)F)cc2)n1. The third kappa shape index (κ3) is 3.94. The Bertz CT molecular complexity index is 650. The minimum Gasteiger partial charge on any atom is -0.435 e. The number of hydrogen-bond donors (Lipinski definition) is 1. The van der Waals surface area contributed by atoms with Gasteiger partial charge in [-0.3, -0.25) is 0 Å². The van der Waals surface area contributed by atoms with Gasteiger partial charge in [-0.2, -0.15) is 13.2 Å². The fraction of sp³-hybridized carbons (Fsp3) is 0.467. The Hall–Kier alpha value is -1.80. The van der Waals surface area contributed by atoms with Crippen LogP contribution in [0.3, 0.4) is 0 Å². The van der Waals surface area contributed by atoms with Crippen LogP contribution in [0.15, 0.2) is 24.3 Å². The Kier molecular flexibility index (Phi) is 4.72. The number of ether oxygens (including phenoxy) is 2. The van der Waals surface area contributed by atoms with Crippen molar-refractivity contribution < 1.29 is 18.3 Å². The van der Waals surface area contributed by atoms with E-state index in [-0.39, 0.29) is 17.9 Å². The van der Waals surface area contributed by atoms with Gasteiger partial charge in [0.2, 0.25) is 5.13 Å². The van der Waals surface area contributed by atoms with Crippen molar-refractivity contribution >= 4 is 16.7 Å². The monoisotopic (exact) mass is 341 g/mol. The van der Waals surface area contributed by atoms with Crippen molar-refractivity contribution in [2.24, 2.45) is 0 Å². The summed E-state index contributed by atoms with van der Waals surface area (Å²) in [6, 6.07) is 7.07. The number of benzene rings is 1. The summed E-state index contributed by atoms with van der Waals surface area (Å²) >= 11 is 1.31.